The number of carboxylic acids is 1. The van der Waals surface area contributed by atoms with Crippen LogP contribution in [0.3, 0.4) is 0 Å². The van der Waals surface area contributed by atoms with Gasteiger partial charge in [0.15, 0.2) is 0 Å². The third-order valence-corrected chi connectivity index (χ3v) is 6.29. The molecule has 1 unspecified atom stereocenters. The Morgan fingerprint density at radius 1 is 1.30 bits per heavy atom. The minimum absolute atomic E-state index is 0.0625. The summed E-state index contributed by atoms with van der Waals surface area (Å²) in [4.78, 5) is 25.7. The Morgan fingerprint density at radius 2 is 2.15 bits per heavy atom. The standard InChI is InChI=1S/C14H22N2O3S/c17-12(18)14-5-1-3-10(14)7-16(9-14)13(19)15-11-4-2-6-20-8-11/h10-11H,1-9H2,(H,15,19)(H,17,18)/t10-,11?,14+/m0/s1. The maximum Gasteiger partial charge on any atom is 0.317 e. The lowest BCUT2D eigenvalue weighted by Crippen LogP contribution is -2.47. The maximum atomic E-state index is 12.3. The van der Waals surface area contributed by atoms with Crippen LogP contribution in [0.25, 0.3) is 0 Å². The normalized spacial score (nSPS) is 36.7. The fourth-order valence-corrected chi connectivity index (χ4v) is 4.99. The van der Waals surface area contributed by atoms with E-state index in [1.807, 2.05) is 11.8 Å². The summed E-state index contributed by atoms with van der Waals surface area (Å²) >= 11 is 1.88. The molecule has 0 aromatic heterocycles. The highest BCUT2D eigenvalue weighted by Gasteiger charge is 2.55. The highest BCUT2D eigenvalue weighted by molar-refractivity contribution is 7.99. The number of carboxylic acid groups (broad SMARTS) is 1. The first kappa shape index (κ1) is 14.0. The van der Waals surface area contributed by atoms with Gasteiger partial charge in [-0.05, 0) is 37.4 Å². The molecule has 0 aromatic carbocycles. The van der Waals surface area contributed by atoms with Gasteiger partial charge in [-0.25, -0.2) is 4.79 Å². The van der Waals surface area contributed by atoms with Crippen LogP contribution >= 0.6 is 11.8 Å². The molecule has 5 nitrogen and oxygen atoms in total. The van der Waals surface area contributed by atoms with Crippen molar-refractivity contribution in [3.8, 4) is 0 Å². The SMILES string of the molecule is O=C(NC1CCCSC1)N1C[C@@H]2CCC[C@@]2(C(=O)O)C1. The second-order valence-corrected chi connectivity index (χ2v) is 7.44. The van der Waals surface area contributed by atoms with Crippen LogP contribution in [0.2, 0.25) is 0 Å². The molecule has 0 aromatic rings. The van der Waals surface area contributed by atoms with E-state index < -0.39 is 11.4 Å². The first-order chi connectivity index (χ1) is 9.62. The molecule has 3 fully saturated rings. The van der Waals surface area contributed by atoms with Gasteiger partial charge in [-0.2, -0.15) is 11.8 Å². The van der Waals surface area contributed by atoms with Gasteiger partial charge in [-0.1, -0.05) is 6.42 Å². The van der Waals surface area contributed by atoms with E-state index in [1.165, 1.54) is 5.75 Å². The first-order valence-electron chi connectivity index (χ1n) is 7.48. The van der Waals surface area contributed by atoms with Crippen molar-refractivity contribution in [2.24, 2.45) is 11.3 Å². The Bertz CT molecular complexity index is 411. The molecule has 112 valence electrons. The summed E-state index contributed by atoms with van der Waals surface area (Å²) in [6.07, 6.45) is 4.83. The van der Waals surface area contributed by atoms with Gasteiger partial charge in [0.2, 0.25) is 0 Å². The molecular weight excluding hydrogens is 276 g/mol. The van der Waals surface area contributed by atoms with E-state index in [0.29, 0.717) is 13.1 Å². The zero-order valence-corrected chi connectivity index (χ0v) is 12.5. The number of hydrogen-bond acceptors (Lipinski definition) is 3. The smallest absolute Gasteiger partial charge is 0.317 e. The number of nitrogens with zero attached hydrogens (tertiary/aromatic N) is 1. The molecule has 2 aliphatic heterocycles. The largest absolute Gasteiger partial charge is 0.481 e. The molecule has 2 N–H and O–H groups in total. The number of carbonyl (C=O) groups is 2. The summed E-state index contributed by atoms with van der Waals surface area (Å²) < 4.78 is 0. The van der Waals surface area contributed by atoms with Gasteiger partial charge < -0.3 is 15.3 Å². The van der Waals surface area contributed by atoms with Gasteiger partial charge in [0.1, 0.15) is 0 Å². The Labute approximate surface area is 123 Å². The van der Waals surface area contributed by atoms with E-state index >= 15 is 0 Å². The number of rotatable bonds is 2. The zero-order valence-electron chi connectivity index (χ0n) is 11.6. The number of aliphatic carboxylic acids is 1. The molecule has 1 aliphatic carbocycles. The van der Waals surface area contributed by atoms with Crippen molar-refractivity contribution < 1.29 is 14.7 Å². The molecule has 3 aliphatic rings. The number of fused-ring (bicyclic) bond motifs is 1. The molecular formula is C14H22N2O3S. The fraction of sp³-hybridized carbons (Fsp3) is 0.857. The molecule has 0 bridgehead atoms. The van der Waals surface area contributed by atoms with Crippen LogP contribution in [0.1, 0.15) is 32.1 Å². The number of thioether (sulfide) groups is 1. The minimum atomic E-state index is -0.719. The molecule has 2 heterocycles. The molecule has 2 saturated heterocycles. The predicted molar refractivity (Wildman–Crippen MR) is 77.9 cm³/mol. The van der Waals surface area contributed by atoms with Gasteiger partial charge in [0.25, 0.3) is 0 Å². The van der Waals surface area contributed by atoms with E-state index in [9.17, 15) is 14.7 Å². The second kappa shape index (κ2) is 5.47. The number of urea groups is 1. The van der Waals surface area contributed by atoms with Gasteiger partial charge >= 0.3 is 12.0 Å². The van der Waals surface area contributed by atoms with Crippen LogP contribution in [0.15, 0.2) is 0 Å². The molecule has 20 heavy (non-hydrogen) atoms. The van der Waals surface area contributed by atoms with Crippen molar-refractivity contribution in [1.82, 2.24) is 10.2 Å². The second-order valence-electron chi connectivity index (χ2n) is 6.29. The summed E-state index contributed by atoms with van der Waals surface area (Å²) in [6, 6.07) is 0.190. The summed E-state index contributed by atoms with van der Waals surface area (Å²) in [5.41, 5.74) is -0.668. The number of likely N-dealkylation sites (tertiary alicyclic amines) is 1. The highest BCUT2D eigenvalue weighted by Crippen LogP contribution is 2.48. The maximum absolute atomic E-state index is 12.3. The molecule has 2 amide bonds. The van der Waals surface area contributed by atoms with Crippen molar-refractivity contribution in [1.29, 1.82) is 0 Å². The van der Waals surface area contributed by atoms with Crippen LogP contribution < -0.4 is 5.32 Å². The molecule has 6 heteroatoms. The van der Waals surface area contributed by atoms with Gasteiger partial charge in [0.05, 0.1) is 5.41 Å². The molecule has 0 spiro atoms. The lowest BCUT2D eigenvalue weighted by Gasteiger charge is -2.27. The third kappa shape index (κ3) is 2.38. The van der Waals surface area contributed by atoms with E-state index in [2.05, 4.69) is 5.32 Å². The number of hydrogen-bond donors (Lipinski definition) is 2. The fourth-order valence-electron chi connectivity index (χ4n) is 3.91. The minimum Gasteiger partial charge on any atom is -0.481 e. The van der Waals surface area contributed by atoms with Gasteiger partial charge in [-0.15, -0.1) is 0 Å². The van der Waals surface area contributed by atoms with E-state index in [-0.39, 0.29) is 18.0 Å². The summed E-state index contributed by atoms with van der Waals surface area (Å²) in [6.45, 7) is 0.997. The van der Waals surface area contributed by atoms with Crippen molar-refractivity contribution >= 4 is 23.8 Å². The van der Waals surface area contributed by atoms with Gasteiger partial charge in [0, 0.05) is 24.9 Å². The molecule has 1 saturated carbocycles. The third-order valence-electron chi connectivity index (χ3n) is 5.07. The van der Waals surface area contributed by atoms with Crippen molar-refractivity contribution in [3.63, 3.8) is 0 Å². The quantitative estimate of drug-likeness (QED) is 0.815. The first-order valence-corrected chi connectivity index (χ1v) is 8.64. The topological polar surface area (TPSA) is 69.6 Å². The lowest BCUT2D eigenvalue weighted by molar-refractivity contribution is -0.149. The van der Waals surface area contributed by atoms with Crippen LogP contribution in [0.5, 0.6) is 0 Å². The van der Waals surface area contributed by atoms with Crippen LogP contribution in [-0.4, -0.2) is 52.6 Å². The number of amides is 2. The van der Waals surface area contributed by atoms with Crippen LogP contribution in [-0.2, 0) is 4.79 Å². The monoisotopic (exact) mass is 298 g/mol. The Hall–Kier alpha value is -0.910. The zero-order chi connectivity index (χ0) is 14.2. The van der Waals surface area contributed by atoms with Crippen molar-refractivity contribution in [2.45, 2.75) is 38.1 Å². The van der Waals surface area contributed by atoms with E-state index in [0.717, 1.165) is 37.9 Å². The summed E-state index contributed by atoms with van der Waals surface area (Å²) in [7, 11) is 0. The van der Waals surface area contributed by atoms with Gasteiger partial charge in [-0.3, -0.25) is 4.79 Å². The van der Waals surface area contributed by atoms with Crippen molar-refractivity contribution in [2.75, 3.05) is 24.6 Å². The number of nitrogens with one attached hydrogen (secondary N) is 1. The van der Waals surface area contributed by atoms with Crippen LogP contribution in [0.4, 0.5) is 4.79 Å². The Balaban J connectivity index is 1.61. The average Bonchev–Trinajstić information content (AvgIpc) is 2.97. The van der Waals surface area contributed by atoms with E-state index in [4.69, 9.17) is 0 Å². The summed E-state index contributed by atoms with van der Waals surface area (Å²) in [5.74, 6) is 1.59. The Kier molecular flexibility index (Phi) is 3.84. The average molecular weight is 298 g/mol. The lowest BCUT2D eigenvalue weighted by atomic mass is 9.81. The summed E-state index contributed by atoms with van der Waals surface area (Å²) in [5, 5.41) is 12.6. The molecule has 3 rings (SSSR count). The Morgan fingerprint density at radius 3 is 2.80 bits per heavy atom. The molecule has 3 atom stereocenters. The van der Waals surface area contributed by atoms with Crippen molar-refractivity contribution in [3.05, 3.63) is 0 Å². The van der Waals surface area contributed by atoms with Crippen LogP contribution in [0, 0.1) is 11.3 Å². The van der Waals surface area contributed by atoms with E-state index in [1.54, 1.807) is 4.90 Å². The highest BCUT2D eigenvalue weighted by atomic mass is 32.2. The number of carbonyl (C=O) groups excluding carboxylic acids is 1. The predicted octanol–water partition coefficient (Wildman–Crippen LogP) is 1.78. The molecule has 0 radical (unpaired) electrons.